The molecule has 1 aromatic heterocycles. The Labute approximate surface area is 122 Å². The van der Waals surface area contributed by atoms with Gasteiger partial charge in [-0.2, -0.15) is 0 Å². The molecule has 0 amide bonds. The molecule has 3 heteroatoms. The zero-order valence-electron chi connectivity index (χ0n) is 11.5. The van der Waals surface area contributed by atoms with Crippen molar-refractivity contribution in [1.82, 2.24) is 4.98 Å². The third kappa shape index (κ3) is 2.17. The highest BCUT2D eigenvalue weighted by Crippen LogP contribution is 2.25. The van der Waals surface area contributed by atoms with Gasteiger partial charge in [0.05, 0.1) is 17.8 Å². The Balaban J connectivity index is 1.89. The number of hydrogen-bond donors (Lipinski definition) is 0. The molecule has 1 aliphatic rings. The topological polar surface area (TPSA) is 34.5 Å². The molecule has 0 radical (unpaired) electrons. The van der Waals surface area contributed by atoms with Gasteiger partial charge in [0, 0.05) is 22.7 Å². The second-order valence-corrected chi connectivity index (χ2v) is 4.99. The van der Waals surface area contributed by atoms with Gasteiger partial charge in [0.1, 0.15) is 12.4 Å². The summed E-state index contributed by atoms with van der Waals surface area (Å²) in [6, 6.07) is 18.3. The maximum Gasteiger partial charge on any atom is 0.128 e. The molecule has 1 aliphatic heterocycles. The van der Waals surface area contributed by atoms with E-state index in [1.165, 1.54) is 0 Å². The molecular weight excluding hydrogens is 260 g/mol. The van der Waals surface area contributed by atoms with Crippen molar-refractivity contribution in [3.8, 4) is 5.75 Å². The third-order valence-electron chi connectivity index (χ3n) is 3.62. The fourth-order valence-electron chi connectivity index (χ4n) is 2.63. The Hall–Kier alpha value is -2.68. The second kappa shape index (κ2) is 5.02. The molecule has 3 aromatic rings. The number of rotatable bonds is 1. The van der Waals surface area contributed by atoms with Crippen molar-refractivity contribution in [3.63, 3.8) is 0 Å². The standard InChI is InChI=1S/C18H14N2O/c1-3-7-16-13(5-1)11-14(12-20-16)18-15-6-2-4-8-17(15)21-10-9-19-18/h1-8,11-12H,9-10H2. The number of aromatic nitrogens is 1. The Kier molecular flexibility index (Phi) is 2.89. The zero-order valence-corrected chi connectivity index (χ0v) is 11.5. The highest BCUT2D eigenvalue weighted by atomic mass is 16.5. The number of para-hydroxylation sites is 2. The fourth-order valence-corrected chi connectivity index (χ4v) is 2.63. The summed E-state index contributed by atoms with van der Waals surface area (Å²) in [5, 5.41) is 1.13. The Morgan fingerprint density at radius 2 is 1.81 bits per heavy atom. The molecule has 0 spiro atoms. The Morgan fingerprint density at radius 1 is 0.952 bits per heavy atom. The lowest BCUT2D eigenvalue weighted by atomic mass is 10.0. The molecule has 4 rings (SSSR count). The van der Waals surface area contributed by atoms with E-state index in [1.54, 1.807) is 0 Å². The molecule has 0 saturated heterocycles. The van der Waals surface area contributed by atoms with Gasteiger partial charge >= 0.3 is 0 Å². The Morgan fingerprint density at radius 3 is 2.81 bits per heavy atom. The van der Waals surface area contributed by atoms with Gasteiger partial charge in [-0.25, -0.2) is 0 Å². The summed E-state index contributed by atoms with van der Waals surface area (Å²) in [6.07, 6.45) is 1.89. The van der Waals surface area contributed by atoms with E-state index >= 15 is 0 Å². The number of aliphatic imine (C=N–C) groups is 1. The molecule has 0 unspecified atom stereocenters. The lowest BCUT2D eigenvalue weighted by Crippen LogP contribution is -2.04. The average Bonchev–Trinajstić information content (AvgIpc) is 2.77. The smallest absolute Gasteiger partial charge is 0.128 e. The van der Waals surface area contributed by atoms with Gasteiger partial charge in [-0.15, -0.1) is 0 Å². The van der Waals surface area contributed by atoms with Crippen LogP contribution in [0.2, 0.25) is 0 Å². The summed E-state index contributed by atoms with van der Waals surface area (Å²) in [6.45, 7) is 1.28. The van der Waals surface area contributed by atoms with Crippen LogP contribution < -0.4 is 4.74 Å². The van der Waals surface area contributed by atoms with Gasteiger partial charge in [-0.05, 0) is 24.3 Å². The number of fused-ring (bicyclic) bond motifs is 2. The molecule has 2 aromatic carbocycles. The highest BCUT2D eigenvalue weighted by Gasteiger charge is 2.15. The number of nitrogens with zero attached hydrogens (tertiary/aromatic N) is 2. The van der Waals surface area contributed by atoms with Gasteiger partial charge < -0.3 is 4.74 Å². The quantitative estimate of drug-likeness (QED) is 0.681. The molecule has 3 nitrogen and oxygen atoms in total. The van der Waals surface area contributed by atoms with E-state index in [1.807, 2.05) is 42.6 Å². The number of hydrogen-bond acceptors (Lipinski definition) is 3. The van der Waals surface area contributed by atoms with Crippen LogP contribution in [0.25, 0.3) is 10.9 Å². The molecule has 0 bridgehead atoms. The molecule has 0 fully saturated rings. The molecule has 0 N–H and O–H groups in total. The number of pyridine rings is 1. The molecule has 21 heavy (non-hydrogen) atoms. The molecular formula is C18H14N2O. The van der Waals surface area contributed by atoms with Gasteiger partial charge in [-0.1, -0.05) is 30.3 Å². The van der Waals surface area contributed by atoms with Crippen LogP contribution in [0.3, 0.4) is 0 Å². The molecule has 0 aliphatic carbocycles. The SMILES string of the molecule is c1ccc2c(c1)OCCN=C2c1cnc2ccccc2c1. The van der Waals surface area contributed by atoms with Crippen molar-refractivity contribution in [2.45, 2.75) is 0 Å². The van der Waals surface area contributed by atoms with Crippen molar-refractivity contribution in [1.29, 1.82) is 0 Å². The first-order chi connectivity index (χ1) is 10.4. The van der Waals surface area contributed by atoms with Crippen LogP contribution >= 0.6 is 0 Å². The van der Waals surface area contributed by atoms with Crippen LogP contribution in [0.15, 0.2) is 65.8 Å². The first-order valence-electron chi connectivity index (χ1n) is 7.04. The minimum absolute atomic E-state index is 0.613. The van der Waals surface area contributed by atoms with E-state index in [4.69, 9.17) is 9.73 Å². The summed E-state index contributed by atoms with van der Waals surface area (Å²) in [5.41, 5.74) is 4.03. The normalized spacial score (nSPS) is 14.0. The van der Waals surface area contributed by atoms with Crippen LogP contribution in [0.5, 0.6) is 5.75 Å². The van der Waals surface area contributed by atoms with Crippen LogP contribution in [0, 0.1) is 0 Å². The highest BCUT2D eigenvalue weighted by molar-refractivity contribution is 6.15. The summed E-state index contributed by atoms with van der Waals surface area (Å²) in [5.74, 6) is 0.891. The third-order valence-corrected chi connectivity index (χ3v) is 3.62. The number of benzene rings is 2. The van der Waals surface area contributed by atoms with Gasteiger partial charge in [0.2, 0.25) is 0 Å². The van der Waals surface area contributed by atoms with E-state index in [0.29, 0.717) is 13.2 Å². The summed E-state index contributed by atoms with van der Waals surface area (Å²) >= 11 is 0. The van der Waals surface area contributed by atoms with Crippen molar-refractivity contribution in [2.75, 3.05) is 13.2 Å². The minimum Gasteiger partial charge on any atom is -0.491 e. The maximum absolute atomic E-state index is 5.75. The lowest BCUT2D eigenvalue weighted by Gasteiger charge is -2.09. The van der Waals surface area contributed by atoms with Crippen LogP contribution in [-0.4, -0.2) is 23.8 Å². The lowest BCUT2D eigenvalue weighted by molar-refractivity contribution is 0.331. The Bertz CT molecular complexity index is 839. The van der Waals surface area contributed by atoms with E-state index in [9.17, 15) is 0 Å². The molecule has 102 valence electrons. The van der Waals surface area contributed by atoms with E-state index in [0.717, 1.165) is 33.5 Å². The predicted octanol–water partition coefficient (Wildman–Crippen LogP) is 3.46. The van der Waals surface area contributed by atoms with Crippen molar-refractivity contribution >= 4 is 16.6 Å². The monoisotopic (exact) mass is 274 g/mol. The summed E-state index contributed by atoms with van der Waals surface area (Å²) < 4.78 is 5.75. The van der Waals surface area contributed by atoms with Crippen LogP contribution in [-0.2, 0) is 0 Å². The molecule has 0 atom stereocenters. The van der Waals surface area contributed by atoms with E-state index in [2.05, 4.69) is 23.2 Å². The predicted molar refractivity (Wildman–Crippen MR) is 84.2 cm³/mol. The fraction of sp³-hybridized carbons (Fsp3) is 0.111. The van der Waals surface area contributed by atoms with E-state index in [-0.39, 0.29) is 0 Å². The first kappa shape index (κ1) is 12.1. The van der Waals surface area contributed by atoms with Crippen LogP contribution in [0.1, 0.15) is 11.1 Å². The average molecular weight is 274 g/mol. The van der Waals surface area contributed by atoms with Gasteiger partial charge in [0.15, 0.2) is 0 Å². The molecule has 0 saturated carbocycles. The largest absolute Gasteiger partial charge is 0.491 e. The number of ether oxygens (including phenoxy) is 1. The molecule has 2 heterocycles. The first-order valence-corrected chi connectivity index (χ1v) is 7.04. The van der Waals surface area contributed by atoms with Crippen molar-refractivity contribution < 1.29 is 4.74 Å². The summed E-state index contributed by atoms with van der Waals surface area (Å²) in [4.78, 5) is 9.23. The second-order valence-electron chi connectivity index (χ2n) is 4.99. The summed E-state index contributed by atoms with van der Waals surface area (Å²) in [7, 11) is 0. The van der Waals surface area contributed by atoms with E-state index < -0.39 is 0 Å². The minimum atomic E-state index is 0.613. The van der Waals surface area contributed by atoms with Gasteiger partial charge in [0.25, 0.3) is 0 Å². The maximum atomic E-state index is 5.75. The zero-order chi connectivity index (χ0) is 14.1. The van der Waals surface area contributed by atoms with Crippen LogP contribution in [0.4, 0.5) is 0 Å². The van der Waals surface area contributed by atoms with Gasteiger partial charge in [-0.3, -0.25) is 9.98 Å². The van der Waals surface area contributed by atoms with Crippen molar-refractivity contribution in [3.05, 3.63) is 71.9 Å². The van der Waals surface area contributed by atoms with Crippen molar-refractivity contribution in [2.24, 2.45) is 4.99 Å².